The number of allylic oxidation sites excluding steroid dienone is 2. The number of aromatic nitrogens is 4. The van der Waals surface area contributed by atoms with Crippen LogP contribution in [0.1, 0.15) is 31.7 Å². The number of methoxy groups -OCH3 is 1. The minimum Gasteiger partial charge on any atom is -0.480 e. The van der Waals surface area contributed by atoms with Gasteiger partial charge in [-0.2, -0.15) is 0 Å². The fourth-order valence-corrected chi connectivity index (χ4v) is 2.82. The number of H-pyrrole nitrogens is 2. The van der Waals surface area contributed by atoms with Crippen LogP contribution in [0.15, 0.2) is 33.3 Å². The van der Waals surface area contributed by atoms with E-state index in [1.807, 2.05) is 0 Å². The molecule has 1 saturated carbocycles. The predicted octanol–water partition coefficient (Wildman–Crippen LogP) is 1.90. The predicted molar refractivity (Wildman–Crippen MR) is 85.6 cm³/mol. The van der Waals surface area contributed by atoms with Crippen molar-refractivity contribution in [2.45, 2.75) is 26.2 Å². The van der Waals surface area contributed by atoms with Crippen molar-refractivity contribution in [1.29, 1.82) is 0 Å². The standard InChI is InChI=1S/C16H17FN4O3/c1-7(8(2)17)9-4-10(9)11-5-13(20-21-15(11)24-3)12-6-18-16(23)19-14(12)22/h5-6,9-10H,4H2,1-3H3,(H2,18,19,22,23)/b8-7-/t9-,10+/m1/s1. The van der Waals surface area contributed by atoms with E-state index >= 15 is 0 Å². The van der Waals surface area contributed by atoms with E-state index in [4.69, 9.17) is 4.74 Å². The van der Waals surface area contributed by atoms with E-state index in [9.17, 15) is 14.0 Å². The zero-order chi connectivity index (χ0) is 17.4. The highest BCUT2D eigenvalue weighted by atomic mass is 19.1. The minimum absolute atomic E-state index is 0.0711. The molecular formula is C16H17FN4O3. The highest BCUT2D eigenvalue weighted by Gasteiger charge is 2.42. The molecule has 0 bridgehead atoms. The fourth-order valence-electron chi connectivity index (χ4n) is 2.82. The topological polar surface area (TPSA) is 101 Å². The van der Waals surface area contributed by atoms with Crippen LogP contribution in [0.4, 0.5) is 4.39 Å². The maximum Gasteiger partial charge on any atom is 0.325 e. The second kappa shape index (κ2) is 6.03. The molecule has 126 valence electrons. The first-order valence-corrected chi connectivity index (χ1v) is 7.49. The molecule has 0 unspecified atom stereocenters. The number of nitrogens with one attached hydrogen (secondary N) is 2. The highest BCUT2D eigenvalue weighted by Crippen LogP contribution is 2.54. The lowest BCUT2D eigenvalue weighted by atomic mass is 10.0. The first-order valence-electron chi connectivity index (χ1n) is 7.49. The van der Waals surface area contributed by atoms with Crippen molar-refractivity contribution in [3.63, 3.8) is 0 Å². The Morgan fingerprint density at radius 3 is 2.71 bits per heavy atom. The molecular weight excluding hydrogens is 315 g/mol. The van der Waals surface area contributed by atoms with Gasteiger partial charge in [0, 0.05) is 11.8 Å². The van der Waals surface area contributed by atoms with Crippen molar-refractivity contribution in [2.75, 3.05) is 7.11 Å². The molecule has 0 amide bonds. The van der Waals surface area contributed by atoms with E-state index in [0.717, 1.165) is 12.0 Å². The van der Waals surface area contributed by atoms with Crippen molar-refractivity contribution in [3.05, 3.63) is 50.1 Å². The number of hydrogen-bond acceptors (Lipinski definition) is 5. The molecule has 8 heteroatoms. The maximum absolute atomic E-state index is 13.4. The van der Waals surface area contributed by atoms with Crippen LogP contribution >= 0.6 is 0 Å². The van der Waals surface area contributed by atoms with Crippen molar-refractivity contribution >= 4 is 0 Å². The molecule has 7 nitrogen and oxygen atoms in total. The molecule has 3 rings (SSSR count). The van der Waals surface area contributed by atoms with E-state index in [1.165, 1.54) is 20.2 Å². The maximum atomic E-state index is 13.4. The molecule has 2 N–H and O–H groups in total. The monoisotopic (exact) mass is 332 g/mol. The van der Waals surface area contributed by atoms with Gasteiger partial charge in [-0.1, -0.05) is 0 Å². The number of nitrogens with zero attached hydrogens (tertiary/aromatic N) is 2. The third-order valence-electron chi connectivity index (χ3n) is 4.37. The summed E-state index contributed by atoms with van der Waals surface area (Å²) in [6.07, 6.45) is 2.08. The quantitative estimate of drug-likeness (QED) is 0.890. The largest absolute Gasteiger partial charge is 0.480 e. The van der Waals surface area contributed by atoms with E-state index in [1.54, 1.807) is 13.0 Å². The van der Waals surface area contributed by atoms with Crippen LogP contribution in [0.5, 0.6) is 5.88 Å². The molecule has 2 atom stereocenters. The number of hydrogen-bond donors (Lipinski definition) is 2. The number of aromatic amines is 2. The van der Waals surface area contributed by atoms with Crippen molar-refractivity contribution < 1.29 is 9.13 Å². The van der Waals surface area contributed by atoms with Crippen LogP contribution in [0, 0.1) is 5.92 Å². The molecule has 2 aromatic heterocycles. The summed E-state index contributed by atoms with van der Waals surface area (Å²) in [6, 6.07) is 1.71. The van der Waals surface area contributed by atoms with Crippen LogP contribution < -0.4 is 16.0 Å². The van der Waals surface area contributed by atoms with Gasteiger partial charge in [0.2, 0.25) is 5.88 Å². The van der Waals surface area contributed by atoms with Gasteiger partial charge in [-0.05, 0) is 43.7 Å². The summed E-state index contributed by atoms with van der Waals surface area (Å²) in [6.45, 7) is 3.21. The van der Waals surface area contributed by atoms with E-state index in [0.29, 0.717) is 17.1 Å². The van der Waals surface area contributed by atoms with Gasteiger partial charge in [0.1, 0.15) is 5.69 Å². The molecule has 1 fully saturated rings. The van der Waals surface area contributed by atoms with Crippen molar-refractivity contribution in [2.24, 2.45) is 5.92 Å². The minimum atomic E-state index is -0.591. The lowest BCUT2D eigenvalue weighted by molar-refractivity contribution is 0.386. The van der Waals surface area contributed by atoms with Gasteiger partial charge in [0.15, 0.2) is 0 Å². The average Bonchev–Trinajstić information content (AvgIpc) is 3.34. The molecule has 1 aliphatic rings. The Kier molecular flexibility index (Phi) is 4.04. The van der Waals surface area contributed by atoms with E-state index in [2.05, 4.69) is 20.2 Å². The van der Waals surface area contributed by atoms with Crippen molar-refractivity contribution in [3.8, 4) is 17.1 Å². The number of rotatable bonds is 4. The van der Waals surface area contributed by atoms with Crippen molar-refractivity contribution in [1.82, 2.24) is 20.2 Å². The van der Waals surface area contributed by atoms with Gasteiger partial charge in [-0.3, -0.25) is 9.78 Å². The van der Waals surface area contributed by atoms with E-state index < -0.39 is 11.2 Å². The number of ether oxygens (including phenoxy) is 1. The summed E-state index contributed by atoms with van der Waals surface area (Å²) in [4.78, 5) is 27.6. The Bertz CT molecular complexity index is 927. The zero-order valence-corrected chi connectivity index (χ0v) is 13.5. The lowest BCUT2D eigenvalue weighted by Crippen LogP contribution is -2.23. The van der Waals surface area contributed by atoms with Crippen LogP contribution in [0.2, 0.25) is 0 Å². The van der Waals surface area contributed by atoms with Crippen LogP contribution in [-0.2, 0) is 0 Å². The first-order chi connectivity index (χ1) is 11.4. The average molecular weight is 332 g/mol. The van der Waals surface area contributed by atoms with Gasteiger partial charge in [-0.25, -0.2) is 9.18 Å². The molecule has 1 aliphatic carbocycles. The number of halogens is 1. The first kappa shape index (κ1) is 16.1. The molecule has 0 radical (unpaired) electrons. The smallest absolute Gasteiger partial charge is 0.325 e. The van der Waals surface area contributed by atoms with Crippen LogP contribution in [0.3, 0.4) is 0 Å². The third kappa shape index (κ3) is 2.86. The highest BCUT2D eigenvalue weighted by molar-refractivity contribution is 5.58. The molecule has 0 saturated heterocycles. The van der Waals surface area contributed by atoms with E-state index in [-0.39, 0.29) is 23.2 Å². The van der Waals surface area contributed by atoms with Gasteiger partial charge >= 0.3 is 5.69 Å². The van der Waals surface area contributed by atoms with Gasteiger partial charge in [0.25, 0.3) is 5.56 Å². The summed E-state index contributed by atoms with van der Waals surface area (Å²) in [5, 5.41) is 7.99. The summed E-state index contributed by atoms with van der Waals surface area (Å²) >= 11 is 0. The molecule has 0 spiro atoms. The molecule has 0 aromatic carbocycles. The molecule has 2 aromatic rings. The lowest BCUT2D eigenvalue weighted by Gasteiger charge is -2.08. The normalized spacial score (nSPS) is 20.5. The summed E-state index contributed by atoms with van der Waals surface area (Å²) in [7, 11) is 1.49. The Morgan fingerprint density at radius 1 is 1.33 bits per heavy atom. The SMILES string of the molecule is COc1nnc(-c2c[nH]c(=O)[nH]c2=O)cc1[C@H]1C[C@@H]1/C(C)=C(/C)F. The zero-order valence-electron chi connectivity index (χ0n) is 13.5. The third-order valence-corrected chi connectivity index (χ3v) is 4.37. The van der Waals surface area contributed by atoms with Crippen LogP contribution in [-0.4, -0.2) is 27.3 Å². The van der Waals surface area contributed by atoms with Gasteiger partial charge in [0.05, 0.1) is 18.5 Å². The Balaban J connectivity index is 2.03. The molecule has 24 heavy (non-hydrogen) atoms. The van der Waals surface area contributed by atoms with Gasteiger partial charge in [-0.15, -0.1) is 10.2 Å². The Morgan fingerprint density at radius 2 is 2.08 bits per heavy atom. The molecule has 2 heterocycles. The second-order valence-electron chi connectivity index (χ2n) is 5.84. The summed E-state index contributed by atoms with van der Waals surface area (Å²) in [5.41, 5.74) is 0.879. The molecule has 0 aliphatic heterocycles. The fraction of sp³-hybridized carbons (Fsp3) is 0.375. The van der Waals surface area contributed by atoms with Gasteiger partial charge < -0.3 is 9.72 Å². The summed E-state index contributed by atoms with van der Waals surface area (Å²) < 4.78 is 18.7. The Labute approximate surface area is 136 Å². The summed E-state index contributed by atoms with van der Waals surface area (Å²) in [5.74, 6) is 0.341. The Hall–Kier alpha value is -2.77. The van der Waals surface area contributed by atoms with Crippen LogP contribution in [0.25, 0.3) is 11.3 Å². The second-order valence-corrected chi connectivity index (χ2v) is 5.84.